The van der Waals surface area contributed by atoms with Crippen molar-refractivity contribution in [3.05, 3.63) is 9.19 Å². The van der Waals surface area contributed by atoms with E-state index in [1.54, 1.807) is 3.62 Å². The SMILES string of the molecule is C[Te](I)(I)C1=C(C=O)CCCC1. The standard InChI is InChI=1S/C8H12I2OTe/c1-12(9,10)8-5-3-2-4-7(8)6-11/h6H,2-5H2,1H3. The Morgan fingerprint density at radius 2 is 1.92 bits per heavy atom. The van der Waals surface area contributed by atoms with E-state index in [2.05, 4.69) is 42.4 Å². The fourth-order valence-corrected chi connectivity index (χ4v) is 11.4. The summed E-state index contributed by atoms with van der Waals surface area (Å²) in [4.78, 5) is 13.1. The van der Waals surface area contributed by atoms with Gasteiger partial charge in [0.2, 0.25) is 0 Å². The number of allylic oxidation sites excluding steroid dienone is 2. The molecule has 0 saturated carbocycles. The van der Waals surface area contributed by atoms with Crippen LogP contribution in [-0.4, -0.2) is 16.6 Å². The first-order valence-corrected chi connectivity index (χ1v) is 21.0. The van der Waals surface area contributed by atoms with E-state index in [0.717, 1.165) is 18.3 Å². The van der Waals surface area contributed by atoms with Gasteiger partial charge in [0.25, 0.3) is 0 Å². The summed E-state index contributed by atoms with van der Waals surface area (Å²) >= 11 is 5.19. The average Bonchev–Trinajstić information content (AvgIpc) is 2.03. The molecule has 0 bridgehead atoms. The first-order valence-electron chi connectivity index (χ1n) is 3.90. The van der Waals surface area contributed by atoms with Crippen LogP contribution in [-0.2, 0) is 4.79 Å². The molecule has 0 aromatic rings. The summed E-state index contributed by atoms with van der Waals surface area (Å²) < 4.78 is 1.54. The van der Waals surface area contributed by atoms with Crippen LogP contribution in [0.3, 0.4) is 0 Å². The Morgan fingerprint density at radius 3 is 2.33 bits per heavy atom. The fourth-order valence-electron chi connectivity index (χ4n) is 1.44. The van der Waals surface area contributed by atoms with Crippen molar-refractivity contribution in [2.24, 2.45) is 0 Å². The van der Waals surface area contributed by atoms with Crippen LogP contribution < -0.4 is 0 Å². The maximum atomic E-state index is 10.8. The molecule has 1 nitrogen and oxygen atoms in total. The first kappa shape index (κ1) is 11.7. The second kappa shape index (κ2) is 4.94. The van der Waals surface area contributed by atoms with Crippen molar-refractivity contribution in [2.45, 2.75) is 30.7 Å². The molecule has 0 fully saturated rings. The van der Waals surface area contributed by atoms with Gasteiger partial charge in [-0.25, -0.2) is 0 Å². The van der Waals surface area contributed by atoms with Crippen LogP contribution in [0.15, 0.2) is 9.19 Å². The van der Waals surface area contributed by atoms with Crippen molar-refractivity contribution in [1.82, 2.24) is 0 Å². The van der Waals surface area contributed by atoms with Crippen molar-refractivity contribution < 1.29 is 4.79 Å². The molecule has 1 rings (SSSR count). The monoisotopic (exact) mass is 508 g/mol. The predicted molar refractivity (Wildman–Crippen MR) is 71.2 cm³/mol. The van der Waals surface area contributed by atoms with E-state index in [-0.39, 0.29) is 0 Å². The molecule has 1 aliphatic rings. The Morgan fingerprint density at radius 1 is 1.33 bits per heavy atom. The zero-order valence-electron chi connectivity index (χ0n) is 6.98. The normalized spacial score (nSPS) is 20.9. The van der Waals surface area contributed by atoms with E-state index in [0.29, 0.717) is 0 Å². The number of carbonyl (C=O) groups is 1. The van der Waals surface area contributed by atoms with E-state index < -0.39 is 10.3 Å². The summed E-state index contributed by atoms with van der Waals surface area (Å²) in [6.07, 6.45) is 5.82. The molecule has 0 aromatic heterocycles. The van der Waals surface area contributed by atoms with E-state index in [9.17, 15) is 4.79 Å². The quantitative estimate of drug-likeness (QED) is 0.319. The minimum absolute atomic E-state index is 1.03. The molecule has 0 aliphatic heterocycles. The Balaban J connectivity index is 2.95. The van der Waals surface area contributed by atoms with Gasteiger partial charge in [-0.2, -0.15) is 0 Å². The third kappa shape index (κ3) is 3.10. The molecule has 0 spiro atoms. The Kier molecular flexibility index (Phi) is 4.83. The fraction of sp³-hybridized carbons (Fsp3) is 0.625. The van der Waals surface area contributed by atoms with Crippen LogP contribution in [0, 0.1) is 0 Å². The van der Waals surface area contributed by atoms with Crippen LogP contribution in [0.1, 0.15) is 25.7 Å². The molecule has 1 aliphatic carbocycles. The number of hydrogen-bond acceptors (Lipinski definition) is 1. The summed E-state index contributed by atoms with van der Waals surface area (Å²) in [5.41, 5.74) is 1.13. The first-order chi connectivity index (χ1) is 5.55. The molecule has 0 radical (unpaired) electrons. The summed E-state index contributed by atoms with van der Waals surface area (Å²) in [7, 11) is -1.76. The molecule has 0 N–H and O–H groups in total. The molecule has 12 heavy (non-hydrogen) atoms. The van der Waals surface area contributed by atoms with Gasteiger partial charge in [0.15, 0.2) is 0 Å². The second-order valence-electron chi connectivity index (χ2n) is 3.00. The van der Waals surface area contributed by atoms with Gasteiger partial charge in [0.1, 0.15) is 0 Å². The predicted octanol–water partition coefficient (Wildman–Crippen LogP) is 3.54. The van der Waals surface area contributed by atoms with Crippen molar-refractivity contribution in [2.75, 3.05) is 0 Å². The number of aldehydes is 1. The Hall–Kier alpha value is 1.66. The Bertz CT molecular complexity index is 218. The number of carbonyl (C=O) groups excluding carboxylic acids is 1. The van der Waals surface area contributed by atoms with Gasteiger partial charge < -0.3 is 0 Å². The molecule has 0 aromatic carbocycles. The molecular weight excluding hydrogens is 493 g/mol. The molecule has 0 heterocycles. The summed E-state index contributed by atoms with van der Waals surface area (Å²) in [6.45, 7) is 0. The second-order valence-corrected chi connectivity index (χ2v) is 43.5. The van der Waals surface area contributed by atoms with Crippen LogP contribution in [0.4, 0.5) is 0 Å². The van der Waals surface area contributed by atoms with Crippen LogP contribution in [0.25, 0.3) is 0 Å². The zero-order chi connectivity index (χ0) is 9.19. The van der Waals surface area contributed by atoms with E-state index >= 15 is 0 Å². The topological polar surface area (TPSA) is 17.1 Å². The third-order valence-electron chi connectivity index (χ3n) is 2.03. The van der Waals surface area contributed by atoms with Crippen LogP contribution in [0.5, 0.6) is 0 Å². The van der Waals surface area contributed by atoms with Gasteiger partial charge in [-0.1, -0.05) is 0 Å². The average molecular weight is 506 g/mol. The maximum absolute atomic E-state index is 10.8. The molecule has 4 heteroatoms. The zero-order valence-corrected chi connectivity index (χ0v) is 13.6. The van der Waals surface area contributed by atoms with Gasteiger partial charge in [-0.3, -0.25) is 0 Å². The number of hydrogen-bond donors (Lipinski definition) is 0. The third-order valence-corrected chi connectivity index (χ3v) is 13.0. The summed E-state index contributed by atoms with van der Waals surface area (Å²) in [5, 5.41) is 0. The molecule has 0 unspecified atom stereocenters. The molecule has 70 valence electrons. The van der Waals surface area contributed by atoms with Crippen molar-refractivity contribution in [3.8, 4) is 0 Å². The van der Waals surface area contributed by atoms with Gasteiger partial charge in [-0.15, -0.1) is 0 Å². The number of rotatable bonds is 2. The van der Waals surface area contributed by atoms with Gasteiger partial charge in [0.05, 0.1) is 0 Å². The van der Waals surface area contributed by atoms with E-state index in [4.69, 9.17) is 0 Å². The van der Waals surface area contributed by atoms with E-state index in [1.807, 2.05) is 0 Å². The molecule has 0 saturated heterocycles. The molecule has 0 amide bonds. The summed E-state index contributed by atoms with van der Waals surface area (Å²) in [6, 6.07) is 0. The summed E-state index contributed by atoms with van der Waals surface area (Å²) in [5.74, 6) is 0. The van der Waals surface area contributed by atoms with Crippen molar-refractivity contribution in [1.29, 1.82) is 0 Å². The van der Waals surface area contributed by atoms with Crippen molar-refractivity contribution in [3.63, 3.8) is 0 Å². The minimum atomic E-state index is -1.76. The Labute approximate surface area is 97.1 Å². The van der Waals surface area contributed by atoms with Crippen LogP contribution in [0.2, 0.25) is 4.97 Å². The van der Waals surface area contributed by atoms with Gasteiger partial charge >= 0.3 is 98.6 Å². The van der Waals surface area contributed by atoms with Crippen molar-refractivity contribution >= 4 is 54.0 Å². The van der Waals surface area contributed by atoms with Crippen LogP contribution >= 0.6 is 37.4 Å². The number of halogens is 2. The van der Waals surface area contributed by atoms with Gasteiger partial charge in [-0.05, 0) is 0 Å². The van der Waals surface area contributed by atoms with Gasteiger partial charge in [0, 0.05) is 0 Å². The molecular formula is C8H12I2OTe. The molecule has 0 atom stereocenters. The van der Waals surface area contributed by atoms with E-state index in [1.165, 1.54) is 19.3 Å².